The van der Waals surface area contributed by atoms with Crippen LogP contribution in [0.15, 0.2) is 24.4 Å². The Labute approximate surface area is 114 Å². The van der Waals surface area contributed by atoms with E-state index in [1.54, 1.807) is 26.2 Å². The van der Waals surface area contributed by atoms with E-state index >= 15 is 0 Å². The van der Waals surface area contributed by atoms with Crippen molar-refractivity contribution in [3.05, 3.63) is 41.6 Å². The molecule has 0 fully saturated rings. The molecule has 0 unspecified atom stereocenters. The maximum atomic E-state index is 13.7. The van der Waals surface area contributed by atoms with Crippen molar-refractivity contribution in [2.75, 3.05) is 17.2 Å². The van der Waals surface area contributed by atoms with Gasteiger partial charge in [-0.25, -0.2) is 8.78 Å². The quantitative estimate of drug-likeness (QED) is 0.904. The van der Waals surface area contributed by atoms with Crippen molar-refractivity contribution >= 4 is 17.4 Å². The first kappa shape index (κ1) is 14.0. The molecule has 106 valence electrons. The van der Waals surface area contributed by atoms with Crippen LogP contribution < -0.4 is 10.6 Å². The SMILES string of the molecule is CCNc1c(F)cc(C(=O)Nc2ccn(C)n2)cc1F. The van der Waals surface area contributed by atoms with Gasteiger partial charge in [0.05, 0.1) is 0 Å². The topological polar surface area (TPSA) is 59.0 Å². The molecule has 20 heavy (non-hydrogen) atoms. The summed E-state index contributed by atoms with van der Waals surface area (Å²) in [6.45, 7) is 2.11. The van der Waals surface area contributed by atoms with E-state index in [4.69, 9.17) is 0 Å². The molecule has 2 rings (SSSR count). The van der Waals surface area contributed by atoms with E-state index in [1.165, 1.54) is 4.68 Å². The smallest absolute Gasteiger partial charge is 0.257 e. The number of hydrogen-bond donors (Lipinski definition) is 2. The number of amides is 1. The van der Waals surface area contributed by atoms with Gasteiger partial charge in [-0.3, -0.25) is 9.48 Å². The van der Waals surface area contributed by atoms with Crippen LogP contribution in [0.2, 0.25) is 0 Å². The van der Waals surface area contributed by atoms with E-state index < -0.39 is 17.5 Å². The summed E-state index contributed by atoms with van der Waals surface area (Å²) in [6, 6.07) is 3.55. The Bertz CT molecular complexity index is 616. The molecule has 0 aliphatic carbocycles. The molecule has 0 saturated carbocycles. The molecule has 0 aliphatic rings. The van der Waals surface area contributed by atoms with Crippen LogP contribution in [-0.4, -0.2) is 22.2 Å². The molecule has 5 nitrogen and oxygen atoms in total. The molecular weight excluding hydrogens is 266 g/mol. The van der Waals surface area contributed by atoms with Crippen molar-refractivity contribution in [1.82, 2.24) is 9.78 Å². The van der Waals surface area contributed by atoms with Crippen molar-refractivity contribution in [1.29, 1.82) is 0 Å². The van der Waals surface area contributed by atoms with Crippen LogP contribution in [0.5, 0.6) is 0 Å². The third kappa shape index (κ3) is 2.93. The number of carbonyl (C=O) groups excluding carboxylic acids is 1. The Morgan fingerprint density at radius 2 is 2.00 bits per heavy atom. The Kier molecular flexibility index (Phi) is 3.97. The average molecular weight is 280 g/mol. The fourth-order valence-electron chi connectivity index (χ4n) is 1.72. The molecule has 0 bridgehead atoms. The predicted molar refractivity (Wildman–Crippen MR) is 71.7 cm³/mol. The van der Waals surface area contributed by atoms with Crippen LogP contribution in [0, 0.1) is 11.6 Å². The second-order valence-corrected chi connectivity index (χ2v) is 4.17. The minimum absolute atomic E-state index is 0.104. The Hall–Kier alpha value is -2.44. The van der Waals surface area contributed by atoms with E-state index in [0.717, 1.165) is 12.1 Å². The lowest BCUT2D eigenvalue weighted by atomic mass is 10.1. The largest absolute Gasteiger partial charge is 0.381 e. The van der Waals surface area contributed by atoms with Crippen molar-refractivity contribution in [2.24, 2.45) is 7.05 Å². The number of carbonyl (C=O) groups is 1. The lowest BCUT2D eigenvalue weighted by molar-refractivity contribution is 0.102. The molecule has 7 heteroatoms. The third-order valence-corrected chi connectivity index (χ3v) is 2.61. The van der Waals surface area contributed by atoms with E-state index in [0.29, 0.717) is 12.4 Å². The second kappa shape index (κ2) is 5.68. The zero-order chi connectivity index (χ0) is 14.7. The number of hydrogen-bond acceptors (Lipinski definition) is 3. The van der Waals surface area contributed by atoms with Crippen molar-refractivity contribution < 1.29 is 13.6 Å². The predicted octanol–water partition coefficient (Wildman–Crippen LogP) is 2.38. The van der Waals surface area contributed by atoms with Crippen LogP contribution in [-0.2, 0) is 7.05 Å². The molecular formula is C13H14F2N4O. The van der Waals surface area contributed by atoms with Crippen molar-refractivity contribution in [3.8, 4) is 0 Å². The van der Waals surface area contributed by atoms with Crippen LogP contribution >= 0.6 is 0 Å². The molecule has 0 spiro atoms. The van der Waals surface area contributed by atoms with Gasteiger partial charge in [-0.15, -0.1) is 0 Å². The summed E-state index contributed by atoms with van der Waals surface area (Å²) in [4.78, 5) is 11.9. The minimum Gasteiger partial charge on any atom is -0.381 e. The zero-order valence-corrected chi connectivity index (χ0v) is 11.1. The van der Waals surface area contributed by atoms with Crippen LogP contribution in [0.25, 0.3) is 0 Å². The normalized spacial score (nSPS) is 10.4. The molecule has 1 heterocycles. The lowest BCUT2D eigenvalue weighted by Crippen LogP contribution is -2.14. The van der Waals surface area contributed by atoms with E-state index in [9.17, 15) is 13.6 Å². The van der Waals surface area contributed by atoms with Gasteiger partial charge in [-0.1, -0.05) is 0 Å². The average Bonchev–Trinajstić information content (AvgIpc) is 2.79. The molecule has 0 atom stereocenters. The maximum absolute atomic E-state index is 13.7. The molecule has 0 radical (unpaired) electrons. The Balaban J connectivity index is 2.22. The van der Waals surface area contributed by atoms with Crippen LogP contribution in [0.1, 0.15) is 17.3 Å². The minimum atomic E-state index is -0.807. The summed E-state index contributed by atoms with van der Waals surface area (Å²) < 4.78 is 28.9. The fourth-order valence-corrected chi connectivity index (χ4v) is 1.72. The molecule has 0 aliphatic heterocycles. The number of nitrogens with one attached hydrogen (secondary N) is 2. The summed E-state index contributed by atoms with van der Waals surface area (Å²) >= 11 is 0. The highest BCUT2D eigenvalue weighted by Crippen LogP contribution is 2.21. The molecule has 1 aromatic carbocycles. The molecule has 2 N–H and O–H groups in total. The summed E-state index contributed by atoms with van der Waals surface area (Å²) in [5.74, 6) is -1.92. The lowest BCUT2D eigenvalue weighted by Gasteiger charge is -2.08. The van der Waals surface area contributed by atoms with Gasteiger partial charge in [-0.2, -0.15) is 5.10 Å². The van der Waals surface area contributed by atoms with Gasteiger partial charge in [0.2, 0.25) is 0 Å². The highest BCUT2D eigenvalue weighted by Gasteiger charge is 2.15. The number of nitrogens with zero attached hydrogens (tertiary/aromatic N) is 2. The number of aromatic nitrogens is 2. The zero-order valence-electron chi connectivity index (χ0n) is 11.1. The van der Waals surface area contributed by atoms with E-state index in [-0.39, 0.29) is 11.3 Å². The maximum Gasteiger partial charge on any atom is 0.257 e. The summed E-state index contributed by atoms with van der Waals surface area (Å²) in [5, 5.41) is 8.98. The summed E-state index contributed by atoms with van der Waals surface area (Å²) in [7, 11) is 1.69. The van der Waals surface area contributed by atoms with Gasteiger partial charge >= 0.3 is 0 Å². The molecule has 1 aromatic heterocycles. The number of rotatable bonds is 4. The van der Waals surface area contributed by atoms with Gasteiger partial charge in [0.1, 0.15) is 17.3 Å². The summed E-state index contributed by atoms with van der Waals surface area (Å²) in [6.07, 6.45) is 1.64. The molecule has 2 aromatic rings. The third-order valence-electron chi connectivity index (χ3n) is 2.61. The Morgan fingerprint density at radius 3 is 2.50 bits per heavy atom. The van der Waals surface area contributed by atoms with Gasteiger partial charge < -0.3 is 10.6 Å². The van der Waals surface area contributed by atoms with Gasteiger partial charge in [0, 0.05) is 31.4 Å². The van der Waals surface area contributed by atoms with E-state index in [2.05, 4.69) is 15.7 Å². The molecule has 1 amide bonds. The van der Waals surface area contributed by atoms with Crippen LogP contribution in [0.4, 0.5) is 20.3 Å². The van der Waals surface area contributed by atoms with Crippen molar-refractivity contribution in [2.45, 2.75) is 6.92 Å². The van der Waals surface area contributed by atoms with Gasteiger partial charge in [-0.05, 0) is 19.1 Å². The van der Waals surface area contributed by atoms with Crippen molar-refractivity contribution in [3.63, 3.8) is 0 Å². The highest BCUT2D eigenvalue weighted by atomic mass is 19.1. The van der Waals surface area contributed by atoms with Crippen LogP contribution in [0.3, 0.4) is 0 Å². The monoisotopic (exact) mass is 280 g/mol. The summed E-state index contributed by atoms with van der Waals surface area (Å²) in [5.41, 5.74) is -0.339. The standard InChI is InChI=1S/C13H14F2N4O/c1-3-16-12-9(14)6-8(7-10(12)15)13(20)17-11-4-5-19(2)18-11/h4-7,16H,3H2,1-2H3,(H,17,18,20). The van der Waals surface area contributed by atoms with Gasteiger partial charge in [0.15, 0.2) is 5.82 Å². The Morgan fingerprint density at radius 1 is 1.35 bits per heavy atom. The number of aryl methyl sites for hydroxylation is 1. The first-order valence-corrected chi connectivity index (χ1v) is 6.05. The highest BCUT2D eigenvalue weighted by molar-refractivity contribution is 6.04. The number of halogens is 2. The first-order chi connectivity index (χ1) is 9.51. The van der Waals surface area contributed by atoms with Gasteiger partial charge in [0.25, 0.3) is 5.91 Å². The fraction of sp³-hybridized carbons (Fsp3) is 0.231. The molecule has 0 saturated heterocycles. The second-order valence-electron chi connectivity index (χ2n) is 4.17. The first-order valence-electron chi connectivity index (χ1n) is 6.05. The number of anilines is 2. The van der Waals surface area contributed by atoms with E-state index in [1.807, 2.05) is 0 Å². The number of benzene rings is 1.